The number of hydrogen-bond donors (Lipinski definition) is 1. The third-order valence-corrected chi connectivity index (χ3v) is 7.22. The van der Waals surface area contributed by atoms with Crippen molar-refractivity contribution in [1.82, 2.24) is 0 Å². The number of carbonyl (C=O) groups is 2. The maximum absolute atomic E-state index is 13.4. The molecule has 0 unspecified atom stereocenters. The average molecular weight is 555 g/mol. The third kappa shape index (κ3) is 6.80. The number of ether oxygens (including phenoxy) is 1. The SMILES string of the molecule is CCOC(=O)c1cc(NC(=O)CN(c2cccc(C(F)(F)F)c2)S(=O)(=O)c2ccc(C)cc2)ccc1Cl. The van der Waals surface area contributed by atoms with E-state index in [1.165, 1.54) is 42.5 Å². The third-order valence-electron chi connectivity index (χ3n) is 5.10. The second kappa shape index (κ2) is 11.2. The summed E-state index contributed by atoms with van der Waals surface area (Å²) in [7, 11) is -4.45. The molecule has 1 N–H and O–H groups in total. The standard InChI is InChI=1S/C25H22ClF3N2O5S/c1-3-36-24(33)21-14-18(9-12-22(21)26)30-23(32)15-31(19-6-4-5-17(13-19)25(27,28)29)37(34,35)20-10-7-16(2)8-11-20/h4-14H,3,15H2,1-2H3,(H,30,32). The number of esters is 1. The number of nitrogens with zero attached hydrogens (tertiary/aromatic N) is 1. The maximum Gasteiger partial charge on any atom is 0.416 e. The van der Waals surface area contributed by atoms with Crippen molar-refractivity contribution in [2.75, 3.05) is 22.8 Å². The Balaban J connectivity index is 1.98. The molecule has 3 rings (SSSR count). The minimum absolute atomic E-state index is 0.0247. The van der Waals surface area contributed by atoms with Crippen molar-refractivity contribution in [3.63, 3.8) is 0 Å². The van der Waals surface area contributed by atoms with Crippen molar-refractivity contribution < 1.29 is 35.9 Å². The molecule has 0 spiro atoms. The van der Waals surface area contributed by atoms with Crippen LogP contribution in [0, 0.1) is 6.92 Å². The fourth-order valence-electron chi connectivity index (χ4n) is 3.29. The molecule has 0 aliphatic carbocycles. The van der Waals surface area contributed by atoms with Crippen LogP contribution >= 0.6 is 11.6 Å². The minimum Gasteiger partial charge on any atom is -0.462 e. The van der Waals surface area contributed by atoms with Gasteiger partial charge in [-0.3, -0.25) is 9.10 Å². The highest BCUT2D eigenvalue weighted by Crippen LogP contribution is 2.33. The van der Waals surface area contributed by atoms with E-state index >= 15 is 0 Å². The predicted octanol–water partition coefficient (Wildman–Crippen LogP) is 5.68. The lowest BCUT2D eigenvalue weighted by Gasteiger charge is -2.25. The summed E-state index contributed by atoms with van der Waals surface area (Å²) in [5.74, 6) is -1.60. The van der Waals surface area contributed by atoms with Gasteiger partial charge >= 0.3 is 12.1 Å². The van der Waals surface area contributed by atoms with Crippen LogP contribution in [0.5, 0.6) is 0 Å². The zero-order chi connectivity index (χ0) is 27.4. The van der Waals surface area contributed by atoms with Crippen LogP contribution in [0.2, 0.25) is 5.02 Å². The zero-order valence-electron chi connectivity index (χ0n) is 19.7. The smallest absolute Gasteiger partial charge is 0.416 e. The van der Waals surface area contributed by atoms with Gasteiger partial charge in [0.1, 0.15) is 6.54 Å². The van der Waals surface area contributed by atoms with Gasteiger partial charge in [0, 0.05) is 5.69 Å². The summed E-state index contributed by atoms with van der Waals surface area (Å²) in [6.45, 7) is 2.59. The highest BCUT2D eigenvalue weighted by molar-refractivity contribution is 7.92. The number of hydrogen-bond acceptors (Lipinski definition) is 5. The molecule has 196 valence electrons. The van der Waals surface area contributed by atoms with Crippen LogP contribution in [-0.4, -0.2) is 33.4 Å². The van der Waals surface area contributed by atoms with Crippen molar-refractivity contribution in [1.29, 1.82) is 0 Å². The van der Waals surface area contributed by atoms with E-state index < -0.39 is 40.2 Å². The number of sulfonamides is 1. The van der Waals surface area contributed by atoms with Crippen LogP contribution < -0.4 is 9.62 Å². The Bertz CT molecular complexity index is 1410. The Morgan fingerprint density at radius 3 is 2.32 bits per heavy atom. The molecule has 3 aromatic rings. The second-order valence-corrected chi connectivity index (χ2v) is 10.1. The second-order valence-electron chi connectivity index (χ2n) is 7.84. The number of halogens is 4. The molecule has 0 saturated carbocycles. The summed E-state index contributed by atoms with van der Waals surface area (Å²) in [4.78, 5) is 24.8. The van der Waals surface area contributed by atoms with Crippen molar-refractivity contribution in [3.8, 4) is 0 Å². The fraction of sp³-hybridized carbons (Fsp3) is 0.200. The molecule has 12 heteroatoms. The van der Waals surface area contributed by atoms with Gasteiger partial charge in [-0.05, 0) is 62.4 Å². The first-order valence-electron chi connectivity index (χ1n) is 10.9. The molecule has 0 aliphatic heterocycles. The Labute approximate surface area is 216 Å². The number of rotatable bonds is 8. The molecule has 0 bridgehead atoms. The van der Waals surface area contributed by atoms with E-state index in [1.54, 1.807) is 13.8 Å². The Kier molecular flexibility index (Phi) is 8.49. The average Bonchev–Trinajstić information content (AvgIpc) is 2.83. The van der Waals surface area contributed by atoms with Gasteiger partial charge in [0.15, 0.2) is 0 Å². The van der Waals surface area contributed by atoms with Gasteiger partial charge in [0.2, 0.25) is 5.91 Å². The molecular weight excluding hydrogens is 533 g/mol. The monoisotopic (exact) mass is 554 g/mol. The summed E-state index contributed by atoms with van der Waals surface area (Å²) in [5, 5.41) is 2.52. The number of alkyl halides is 3. The van der Waals surface area contributed by atoms with Crippen LogP contribution in [-0.2, 0) is 25.7 Å². The molecule has 0 heterocycles. The molecular formula is C25H22ClF3N2O5S. The van der Waals surface area contributed by atoms with Gasteiger partial charge in [-0.2, -0.15) is 13.2 Å². The molecule has 7 nitrogen and oxygen atoms in total. The number of aryl methyl sites for hydroxylation is 1. The first-order chi connectivity index (χ1) is 17.3. The fourth-order valence-corrected chi connectivity index (χ4v) is 4.90. The molecule has 37 heavy (non-hydrogen) atoms. The van der Waals surface area contributed by atoms with Crippen molar-refractivity contribution in [2.45, 2.75) is 24.9 Å². The first-order valence-corrected chi connectivity index (χ1v) is 12.7. The van der Waals surface area contributed by atoms with Gasteiger partial charge in [-0.15, -0.1) is 0 Å². The van der Waals surface area contributed by atoms with Crippen LogP contribution in [0.15, 0.2) is 71.6 Å². The molecule has 0 aromatic heterocycles. The minimum atomic E-state index is -4.73. The van der Waals surface area contributed by atoms with Crippen molar-refractivity contribution >= 4 is 44.9 Å². The lowest BCUT2D eigenvalue weighted by atomic mass is 10.2. The van der Waals surface area contributed by atoms with Crippen LogP contribution in [0.25, 0.3) is 0 Å². The summed E-state index contributed by atoms with van der Waals surface area (Å²) in [6, 6.07) is 13.3. The summed E-state index contributed by atoms with van der Waals surface area (Å²) in [6.07, 6.45) is -4.73. The number of anilines is 2. The predicted molar refractivity (Wildman–Crippen MR) is 133 cm³/mol. The number of nitrogens with one attached hydrogen (secondary N) is 1. The Hall–Kier alpha value is -3.57. The van der Waals surface area contributed by atoms with E-state index in [1.807, 2.05) is 0 Å². The largest absolute Gasteiger partial charge is 0.462 e. The highest BCUT2D eigenvalue weighted by Gasteiger charge is 2.33. The van der Waals surface area contributed by atoms with Gasteiger partial charge in [0.25, 0.3) is 10.0 Å². The van der Waals surface area contributed by atoms with Crippen LogP contribution in [0.1, 0.15) is 28.4 Å². The van der Waals surface area contributed by atoms with Gasteiger partial charge in [-0.25, -0.2) is 13.2 Å². The lowest BCUT2D eigenvalue weighted by molar-refractivity contribution is -0.137. The van der Waals surface area contributed by atoms with E-state index in [0.717, 1.165) is 23.8 Å². The number of benzene rings is 3. The zero-order valence-corrected chi connectivity index (χ0v) is 21.2. The molecule has 0 aliphatic rings. The molecule has 0 saturated heterocycles. The lowest BCUT2D eigenvalue weighted by Crippen LogP contribution is -2.38. The van der Waals surface area contributed by atoms with E-state index in [2.05, 4.69) is 5.32 Å². The van der Waals surface area contributed by atoms with Crippen LogP contribution in [0.4, 0.5) is 24.5 Å². The summed E-state index contributed by atoms with van der Waals surface area (Å²) < 4.78 is 72.4. The van der Waals surface area contributed by atoms with E-state index in [-0.39, 0.29) is 33.5 Å². The first kappa shape index (κ1) is 28.0. The summed E-state index contributed by atoms with van der Waals surface area (Å²) in [5.41, 5.74) is -0.583. The Morgan fingerprint density at radius 1 is 1.03 bits per heavy atom. The number of carbonyl (C=O) groups excluding carboxylic acids is 2. The van der Waals surface area contributed by atoms with Gasteiger partial charge in [-0.1, -0.05) is 35.4 Å². The van der Waals surface area contributed by atoms with Gasteiger partial charge < -0.3 is 10.1 Å². The molecule has 0 atom stereocenters. The van der Waals surface area contributed by atoms with Gasteiger partial charge in [0.05, 0.1) is 33.3 Å². The van der Waals surface area contributed by atoms with Crippen molar-refractivity contribution in [2.24, 2.45) is 0 Å². The molecule has 0 radical (unpaired) electrons. The van der Waals surface area contributed by atoms with Crippen LogP contribution in [0.3, 0.4) is 0 Å². The van der Waals surface area contributed by atoms with E-state index in [0.29, 0.717) is 10.4 Å². The van der Waals surface area contributed by atoms with E-state index in [4.69, 9.17) is 16.3 Å². The normalized spacial score (nSPS) is 11.6. The topological polar surface area (TPSA) is 92.8 Å². The Morgan fingerprint density at radius 2 is 1.70 bits per heavy atom. The molecule has 3 aromatic carbocycles. The highest BCUT2D eigenvalue weighted by atomic mass is 35.5. The summed E-state index contributed by atoms with van der Waals surface area (Å²) >= 11 is 6.03. The van der Waals surface area contributed by atoms with E-state index in [9.17, 15) is 31.2 Å². The van der Waals surface area contributed by atoms with Crippen molar-refractivity contribution in [3.05, 3.63) is 88.4 Å². The molecule has 1 amide bonds. The number of amides is 1. The molecule has 0 fully saturated rings. The maximum atomic E-state index is 13.4. The quantitative estimate of drug-likeness (QED) is 0.362.